The Morgan fingerprint density at radius 2 is 1.76 bits per heavy atom. The molecule has 0 aromatic heterocycles. The summed E-state index contributed by atoms with van der Waals surface area (Å²) in [6, 6.07) is 15.0. The minimum atomic E-state index is -3.72. The first kappa shape index (κ1) is 19.2. The first-order valence-electron chi connectivity index (χ1n) is 9.16. The van der Waals surface area contributed by atoms with Crippen molar-refractivity contribution in [2.45, 2.75) is 11.0 Å². The van der Waals surface area contributed by atoms with Gasteiger partial charge < -0.3 is 14.4 Å². The van der Waals surface area contributed by atoms with Crippen LogP contribution in [-0.4, -0.2) is 62.4 Å². The second kappa shape index (κ2) is 7.73. The fraction of sp³-hybridized carbons (Fsp3) is 0.300. The molecule has 1 fully saturated rings. The second-order valence-electron chi connectivity index (χ2n) is 6.73. The van der Waals surface area contributed by atoms with Gasteiger partial charge in [-0.05, 0) is 30.3 Å². The van der Waals surface area contributed by atoms with Crippen LogP contribution >= 0.6 is 0 Å². The third-order valence-electron chi connectivity index (χ3n) is 4.94. The van der Waals surface area contributed by atoms with Crippen molar-refractivity contribution in [3.05, 3.63) is 54.1 Å². The van der Waals surface area contributed by atoms with Crippen LogP contribution in [0.1, 0.15) is 5.56 Å². The van der Waals surface area contributed by atoms with Crippen LogP contribution in [0.15, 0.2) is 53.4 Å². The van der Waals surface area contributed by atoms with E-state index in [1.807, 2.05) is 12.1 Å². The van der Waals surface area contributed by atoms with Crippen LogP contribution in [0.2, 0.25) is 0 Å². The number of fused-ring (bicyclic) bond motifs is 1. The summed E-state index contributed by atoms with van der Waals surface area (Å²) in [6.07, 6.45) is -0.750. The van der Waals surface area contributed by atoms with Crippen molar-refractivity contribution in [1.29, 1.82) is 5.26 Å². The molecule has 2 aromatic carbocycles. The quantitative estimate of drug-likeness (QED) is 0.750. The average molecular weight is 413 g/mol. The Balaban J connectivity index is 1.40. The van der Waals surface area contributed by atoms with Crippen molar-refractivity contribution in [3.63, 3.8) is 0 Å². The van der Waals surface area contributed by atoms with Gasteiger partial charge in [-0.2, -0.15) is 9.57 Å². The Kier molecular flexibility index (Phi) is 5.13. The summed E-state index contributed by atoms with van der Waals surface area (Å²) >= 11 is 0. The molecule has 0 radical (unpaired) electrons. The number of nitriles is 1. The second-order valence-corrected chi connectivity index (χ2v) is 8.67. The number of sulfonamides is 1. The lowest BCUT2D eigenvalue weighted by Crippen LogP contribution is -2.55. The van der Waals surface area contributed by atoms with Crippen molar-refractivity contribution in [1.82, 2.24) is 9.21 Å². The van der Waals surface area contributed by atoms with Crippen LogP contribution in [0.5, 0.6) is 11.5 Å². The lowest BCUT2D eigenvalue weighted by molar-refractivity contribution is -0.142. The zero-order valence-electron chi connectivity index (χ0n) is 15.5. The predicted octanol–water partition coefficient (Wildman–Crippen LogP) is 1.23. The molecule has 8 nitrogen and oxygen atoms in total. The molecule has 150 valence electrons. The van der Waals surface area contributed by atoms with E-state index in [4.69, 9.17) is 14.7 Å². The van der Waals surface area contributed by atoms with Gasteiger partial charge in [-0.3, -0.25) is 4.79 Å². The molecule has 9 heteroatoms. The molecule has 0 aliphatic carbocycles. The summed E-state index contributed by atoms with van der Waals surface area (Å²) in [4.78, 5) is 14.5. The summed E-state index contributed by atoms with van der Waals surface area (Å²) in [5.41, 5.74) is 0.287. The maximum Gasteiger partial charge on any atom is 0.267 e. The number of nitrogens with zero attached hydrogens (tertiary/aromatic N) is 3. The zero-order valence-corrected chi connectivity index (χ0v) is 16.3. The average Bonchev–Trinajstić information content (AvgIpc) is 2.78. The van der Waals surface area contributed by atoms with Gasteiger partial charge in [0.15, 0.2) is 11.5 Å². The number of benzene rings is 2. The highest BCUT2D eigenvalue weighted by Crippen LogP contribution is 2.31. The minimum absolute atomic E-state index is 0.0805. The van der Waals surface area contributed by atoms with Crippen LogP contribution in [0.3, 0.4) is 0 Å². The number of piperazine rings is 1. The Hall–Kier alpha value is -3.09. The molecule has 2 aliphatic heterocycles. The van der Waals surface area contributed by atoms with Gasteiger partial charge >= 0.3 is 0 Å². The van der Waals surface area contributed by atoms with Gasteiger partial charge in [-0.25, -0.2) is 8.42 Å². The number of hydrogen-bond donors (Lipinski definition) is 0. The molecule has 2 heterocycles. The third-order valence-corrected chi connectivity index (χ3v) is 6.83. The highest BCUT2D eigenvalue weighted by atomic mass is 32.2. The molecule has 0 bridgehead atoms. The van der Waals surface area contributed by atoms with Gasteiger partial charge in [0.25, 0.3) is 5.91 Å². The van der Waals surface area contributed by atoms with Crippen molar-refractivity contribution in [2.75, 3.05) is 32.8 Å². The molecule has 2 aliphatic rings. The van der Waals surface area contributed by atoms with E-state index < -0.39 is 16.1 Å². The summed E-state index contributed by atoms with van der Waals surface area (Å²) in [7, 11) is -3.72. The Bertz CT molecular complexity index is 1070. The van der Waals surface area contributed by atoms with Gasteiger partial charge in [-0.15, -0.1) is 0 Å². The number of carbonyl (C=O) groups excluding carboxylic acids is 1. The molecule has 1 amide bonds. The Morgan fingerprint density at radius 3 is 2.48 bits per heavy atom. The first-order valence-corrected chi connectivity index (χ1v) is 10.6. The highest BCUT2D eigenvalue weighted by Gasteiger charge is 2.35. The topological polar surface area (TPSA) is 99.9 Å². The molecule has 4 rings (SSSR count). The molecule has 1 atom stereocenters. The van der Waals surface area contributed by atoms with Gasteiger partial charge in [0.2, 0.25) is 16.1 Å². The summed E-state index contributed by atoms with van der Waals surface area (Å²) in [5.74, 6) is 0.908. The van der Waals surface area contributed by atoms with E-state index in [9.17, 15) is 13.2 Å². The van der Waals surface area contributed by atoms with Crippen LogP contribution in [0.4, 0.5) is 0 Å². The maximum absolute atomic E-state index is 12.8. The van der Waals surface area contributed by atoms with E-state index in [0.717, 1.165) is 0 Å². The molecule has 1 saturated heterocycles. The van der Waals surface area contributed by atoms with Crippen LogP contribution < -0.4 is 9.47 Å². The Labute approximate surface area is 168 Å². The fourth-order valence-electron chi connectivity index (χ4n) is 3.37. The number of para-hydroxylation sites is 2. The van der Waals surface area contributed by atoms with Crippen molar-refractivity contribution < 1.29 is 22.7 Å². The molecule has 0 spiro atoms. The lowest BCUT2D eigenvalue weighted by Gasteiger charge is -2.36. The number of amides is 1. The predicted molar refractivity (Wildman–Crippen MR) is 103 cm³/mol. The molecule has 0 N–H and O–H groups in total. The van der Waals surface area contributed by atoms with Crippen LogP contribution in [0.25, 0.3) is 0 Å². The maximum atomic E-state index is 12.8. The fourth-order valence-corrected chi connectivity index (χ4v) is 4.84. The van der Waals surface area contributed by atoms with Gasteiger partial charge in [0.05, 0.1) is 16.5 Å². The number of ether oxygens (including phenoxy) is 2. The van der Waals surface area contributed by atoms with Crippen molar-refractivity contribution in [3.8, 4) is 17.6 Å². The van der Waals surface area contributed by atoms with E-state index >= 15 is 0 Å². The van der Waals surface area contributed by atoms with Gasteiger partial charge in [-0.1, -0.05) is 18.2 Å². The monoisotopic (exact) mass is 413 g/mol. The molecule has 2 aromatic rings. The van der Waals surface area contributed by atoms with E-state index in [-0.39, 0.29) is 49.2 Å². The molecule has 0 unspecified atom stereocenters. The van der Waals surface area contributed by atoms with E-state index in [1.165, 1.54) is 16.4 Å². The SMILES string of the molecule is N#Cc1cccc(S(=O)(=O)N2CCN(C(=O)[C@H]3COc4ccccc4O3)CC2)c1. The van der Waals surface area contributed by atoms with E-state index in [2.05, 4.69) is 0 Å². The molecule has 0 saturated carbocycles. The summed E-state index contributed by atoms with van der Waals surface area (Å²) < 4.78 is 38.4. The number of carbonyl (C=O) groups is 1. The van der Waals surface area contributed by atoms with Gasteiger partial charge in [0, 0.05) is 26.2 Å². The third kappa shape index (κ3) is 3.77. The highest BCUT2D eigenvalue weighted by molar-refractivity contribution is 7.89. The van der Waals surface area contributed by atoms with Crippen molar-refractivity contribution >= 4 is 15.9 Å². The minimum Gasteiger partial charge on any atom is -0.485 e. The van der Waals surface area contributed by atoms with Crippen LogP contribution in [-0.2, 0) is 14.8 Å². The number of rotatable bonds is 3. The zero-order chi connectivity index (χ0) is 20.4. The van der Waals surface area contributed by atoms with Crippen LogP contribution in [0, 0.1) is 11.3 Å². The number of hydrogen-bond acceptors (Lipinski definition) is 6. The summed E-state index contributed by atoms with van der Waals surface area (Å²) in [5, 5.41) is 8.99. The summed E-state index contributed by atoms with van der Waals surface area (Å²) in [6.45, 7) is 0.994. The van der Waals surface area contributed by atoms with Gasteiger partial charge in [0.1, 0.15) is 6.61 Å². The smallest absolute Gasteiger partial charge is 0.267 e. The largest absolute Gasteiger partial charge is 0.485 e. The Morgan fingerprint density at radius 1 is 1.03 bits per heavy atom. The van der Waals surface area contributed by atoms with E-state index in [0.29, 0.717) is 11.5 Å². The standard InChI is InChI=1S/C20H19N3O5S/c21-13-15-4-3-5-16(12-15)29(25,26)23-10-8-22(9-11-23)20(24)19-14-27-17-6-1-2-7-18(17)28-19/h1-7,12,19H,8-11,14H2/t19-/m1/s1. The lowest BCUT2D eigenvalue weighted by atomic mass is 10.2. The molecule has 29 heavy (non-hydrogen) atoms. The normalized spacial score (nSPS) is 19.4. The first-order chi connectivity index (χ1) is 14.0. The molecular weight excluding hydrogens is 394 g/mol. The van der Waals surface area contributed by atoms with Crippen molar-refractivity contribution in [2.24, 2.45) is 0 Å². The molecular formula is C20H19N3O5S. The van der Waals surface area contributed by atoms with E-state index in [1.54, 1.807) is 35.2 Å².